The van der Waals surface area contributed by atoms with Crippen molar-refractivity contribution in [1.29, 1.82) is 5.41 Å². The normalized spacial score (nSPS) is 16.8. The van der Waals surface area contributed by atoms with Gasteiger partial charge in [0.05, 0.1) is 33.5 Å². The summed E-state index contributed by atoms with van der Waals surface area (Å²) in [6.45, 7) is 12.3. The molecule has 0 atom stereocenters. The number of anilines is 2. The van der Waals surface area contributed by atoms with Gasteiger partial charge in [0.2, 0.25) is 0 Å². The highest BCUT2D eigenvalue weighted by atomic mass is 15.2. The van der Waals surface area contributed by atoms with Crippen LogP contribution in [0.4, 0.5) is 11.4 Å². The fraction of sp³-hybridized carbons (Fsp3) is 0.164. The summed E-state index contributed by atoms with van der Waals surface area (Å²) in [6.07, 6.45) is 4.21. The number of rotatable bonds is 6. The Morgan fingerprint density at radius 3 is 1.90 bits per heavy atom. The first kappa shape index (κ1) is 37.6. The maximum atomic E-state index is 10.1. The molecule has 2 aliphatic heterocycles. The maximum absolute atomic E-state index is 10.1. The standard InChI is InChI=1S/C55H45N7/c1-32(2)57-52-47(30-28-43(49(52)56)41-18-11-17-40-37-15-9-7-14-34(37)25-26-42(40)41)62(46-20-12-19-45-51(46)60-54(3,4)58-45)48-29-27-39(50-53(48)61-55(5,6)59-50)36-24-23-35-22-21-33-13-8-10-16-38(33)44(35)31-36/h7-32,56H,1-6H3. The largest absolute Gasteiger partial charge is 0.304 e. The topological polar surface area (TPSA) is 88.9 Å². The third-order valence-electron chi connectivity index (χ3n) is 12.1. The number of fused-ring (bicyclic) bond motifs is 8. The molecule has 0 saturated heterocycles. The van der Waals surface area contributed by atoms with E-state index in [2.05, 4.69) is 172 Å². The van der Waals surface area contributed by atoms with Gasteiger partial charge in [0.15, 0.2) is 0 Å². The van der Waals surface area contributed by atoms with Gasteiger partial charge in [-0.05, 0) is 138 Å². The first-order valence-electron chi connectivity index (χ1n) is 21.4. The zero-order valence-corrected chi connectivity index (χ0v) is 35.7. The summed E-state index contributed by atoms with van der Waals surface area (Å²) in [5, 5.41) is 22.8. The van der Waals surface area contributed by atoms with Gasteiger partial charge in [0.1, 0.15) is 27.8 Å². The number of nitrogens with zero attached hydrogens (tertiary/aromatic N) is 6. The number of aliphatic imine (C=N–C) groups is 1. The highest BCUT2D eigenvalue weighted by molar-refractivity contribution is 6.63. The Labute approximate surface area is 359 Å². The van der Waals surface area contributed by atoms with E-state index in [4.69, 9.17) is 25.0 Å². The predicted octanol–water partition coefficient (Wildman–Crippen LogP) is 10.9. The van der Waals surface area contributed by atoms with Crippen LogP contribution >= 0.6 is 0 Å². The third-order valence-corrected chi connectivity index (χ3v) is 12.1. The van der Waals surface area contributed by atoms with Crippen molar-refractivity contribution in [2.45, 2.75) is 58.9 Å². The Hall–Kier alpha value is -7.38. The van der Waals surface area contributed by atoms with E-state index in [1.165, 1.54) is 32.3 Å². The van der Waals surface area contributed by atoms with Crippen molar-refractivity contribution in [1.82, 2.24) is 0 Å². The predicted molar refractivity (Wildman–Crippen MR) is 256 cm³/mol. The molecule has 3 aliphatic rings. The van der Waals surface area contributed by atoms with Crippen LogP contribution in [0.5, 0.6) is 0 Å². The molecule has 0 bridgehead atoms. The summed E-state index contributed by atoms with van der Waals surface area (Å²) < 4.78 is 0. The van der Waals surface area contributed by atoms with E-state index in [1.807, 2.05) is 26.0 Å². The Bertz CT molecular complexity index is 3640. The molecule has 8 aromatic carbocycles. The Morgan fingerprint density at radius 2 is 1.13 bits per heavy atom. The van der Waals surface area contributed by atoms with Crippen LogP contribution in [0.3, 0.4) is 0 Å². The molecule has 1 N–H and O–H groups in total. The molecular weight excluding hydrogens is 759 g/mol. The number of benzene rings is 8. The molecule has 300 valence electrons. The molecule has 11 rings (SSSR count). The first-order chi connectivity index (χ1) is 29.9. The molecule has 0 fully saturated rings. The minimum atomic E-state index is -0.711. The lowest BCUT2D eigenvalue weighted by atomic mass is 9.87. The highest BCUT2D eigenvalue weighted by Crippen LogP contribution is 2.37. The molecule has 2 heterocycles. The molecular formula is C55H45N7. The summed E-state index contributed by atoms with van der Waals surface area (Å²) in [4.78, 5) is 28.4. The van der Waals surface area contributed by atoms with Gasteiger partial charge in [-0.3, -0.25) is 30.4 Å². The van der Waals surface area contributed by atoms with E-state index in [0.29, 0.717) is 11.4 Å². The number of allylic oxidation sites excluding steroid dienone is 4. The molecule has 62 heavy (non-hydrogen) atoms. The lowest BCUT2D eigenvalue weighted by Gasteiger charge is -2.31. The van der Waals surface area contributed by atoms with Crippen molar-refractivity contribution in [3.63, 3.8) is 0 Å². The van der Waals surface area contributed by atoms with Crippen LogP contribution in [-0.4, -0.2) is 28.8 Å². The van der Waals surface area contributed by atoms with Gasteiger partial charge in [-0.1, -0.05) is 109 Å². The van der Waals surface area contributed by atoms with E-state index in [9.17, 15) is 5.41 Å². The van der Waals surface area contributed by atoms with E-state index >= 15 is 0 Å². The van der Waals surface area contributed by atoms with Crippen LogP contribution in [0, 0.1) is 5.41 Å². The van der Waals surface area contributed by atoms with Gasteiger partial charge in [0, 0.05) is 17.2 Å². The van der Waals surface area contributed by atoms with Gasteiger partial charge >= 0.3 is 0 Å². The van der Waals surface area contributed by atoms with Crippen LogP contribution in [0.15, 0.2) is 182 Å². The van der Waals surface area contributed by atoms with Crippen molar-refractivity contribution in [2.75, 3.05) is 4.90 Å². The maximum Gasteiger partial charge on any atom is 0.146 e. The molecule has 1 aliphatic carbocycles. The second-order valence-electron chi connectivity index (χ2n) is 17.7. The van der Waals surface area contributed by atoms with Crippen molar-refractivity contribution >= 4 is 71.5 Å². The fourth-order valence-electron chi connectivity index (χ4n) is 9.48. The van der Waals surface area contributed by atoms with Crippen LogP contribution < -0.4 is 26.3 Å². The summed E-state index contributed by atoms with van der Waals surface area (Å²) in [5.74, 6) is 0. The van der Waals surface area contributed by atoms with Crippen molar-refractivity contribution in [2.24, 2.45) is 25.0 Å². The third kappa shape index (κ3) is 6.10. The number of hydrogen-bond donors (Lipinski definition) is 1. The monoisotopic (exact) mass is 803 g/mol. The molecule has 7 nitrogen and oxygen atoms in total. The van der Waals surface area contributed by atoms with E-state index < -0.39 is 11.3 Å². The van der Waals surface area contributed by atoms with Gasteiger partial charge in [-0.15, -0.1) is 0 Å². The zero-order valence-electron chi connectivity index (χ0n) is 35.7. The summed E-state index contributed by atoms with van der Waals surface area (Å²) in [5.41, 5.74) is 5.95. The highest BCUT2D eigenvalue weighted by Gasteiger charge is 2.33. The average Bonchev–Trinajstić information content (AvgIpc) is 3.78. The molecule has 8 aromatic rings. The molecule has 0 radical (unpaired) electrons. The first-order valence-corrected chi connectivity index (χ1v) is 21.4. The number of nitrogens with one attached hydrogen (secondary N) is 1. The quantitative estimate of drug-likeness (QED) is 0.132. The lowest BCUT2D eigenvalue weighted by molar-refractivity contribution is 0.549. The van der Waals surface area contributed by atoms with Gasteiger partial charge in [-0.2, -0.15) is 0 Å². The summed E-state index contributed by atoms with van der Waals surface area (Å²) >= 11 is 0. The van der Waals surface area contributed by atoms with E-state index in [0.717, 1.165) is 71.5 Å². The Morgan fingerprint density at radius 1 is 0.516 bits per heavy atom. The number of hydrogen-bond acceptors (Lipinski definition) is 7. The molecule has 7 heteroatoms. The smallest absolute Gasteiger partial charge is 0.146 e. The minimum Gasteiger partial charge on any atom is -0.304 e. The Balaban J connectivity index is 1.17. The average molecular weight is 804 g/mol. The zero-order chi connectivity index (χ0) is 42.5. The molecule has 0 aromatic heterocycles. The van der Waals surface area contributed by atoms with Crippen molar-refractivity contribution < 1.29 is 0 Å². The molecule has 0 saturated carbocycles. The van der Waals surface area contributed by atoms with E-state index in [-0.39, 0.29) is 6.04 Å². The van der Waals surface area contributed by atoms with Crippen LogP contribution in [0.2, 0.25) is 0 Å². The van der Waals surface area contributed by atoms with Crippen LogP contribution in [0.1, 0.15) is 47.1 Å². The summed E-state index contributed by atoms with van der Waals surface area (Å²) in [6, 6.07) is 49.2. The lowest BCUT2D eigenvalue weighted by Crippen LogP contribution is -2.40. The van der Waals surface area contributed by atoms with Gasteiger partial charge < -0.3 is 4.90 Å². The SMILES string of the molecule is CC(C)N=C1C(=N)C(c2cccc3c2ccc2ccccc23)=CC=C1N(c1cccc2c1=NC(C)(C)N=2)c1ccc(-c2ccc3ccc4ccccc4c3c2)c2c1=NC(C)(C)N=2. The fourth-order valence-corrected chi connectivity index (χ4v) is 9.48. The van der Waals surface area contributed by atoms with Crippen LogP contribution in [0.25, 0.3) is 59.8 Å². The van der Waals surface area contributed by atoms with Crippen molar-refractivity contribution in [3.8, 4) is 11.1 Å². The van der Waals surface area contributed by atoms with Crippen LogP contribution in [-0.2, 0) is 0 Å². The molecule has 0 unspecified atom stereocenters. The van der Waals surface area contributed by atoms with Gasteiger partial charge in [-0.25, -0.2) is 0 Å². The van der Waals surface area contributed by atoms with E-state index in [1.54, 1.807) is 0 Å². The second kappa shape index (κ2) is 13.8. The Kier molecular flexibility index (Phi) is 8.39. The van der Waals surface area contributed by atoms with Crippen molar-refractivity contribution in [3.05, 3.63) is 184 Å². The minimum absolute atomic E-state index is 0.0952. The molecule has 0 amide bonds. The second-order valence-corrected chi connectivity index (χ2v) is 17.7. The molecule has 0 spiro atoms. The number of para-hydroxylation sites is 1. The van der Waals surface area contributed by atoms with Gasteiger partial charge in [0.25, 0.3) is 0 Å². The summed E-state index contributed by atoms with van der Waals surface area (Å²) in [7, 11) is 0.